The Morgan fingerprint density at radius 1 is 1.09 bits per heavy atom. The third kappa shape index (κ3) is 5.17. The van der Waals surface area contributed by atoms with Crippen LogP contribution in [0.15, 0.2) is 53.4 Å². The quantitative estimate of drug-likeness (QED) is 0.599. The average molecular weight is 472 g/mol. The Hall–Kier alpha value is -2.58. The molecule has 0 unspecified atom stereocenters. The van der Waals surface area contributed by atoms with Crippen molar-refractivity contribution in [1.29, 1.82) is 0 Å². The number of hydrogen-bond donors (Lipinski definition) is 1. The fraction of sp³-hybridized carbons (Fsp3) is 0.480. The molecule has 1 saturated heterocycles. The second kappa shape index (κ2) is 10.1. The molecule has 1 atom stereocenters. The van der Waals surface area contributed by atoms with Gasteiger partial charge in [-0.2, -0.15) is 4.31 Å². The van der Waals surface area contributed by atoms with Gasteiger partial charge in [0.15, 0.2) is 0 Å². The Balaban J connectivity index is 1.22. The number of benzene rings is 2. The monoisotopic (exact) mass is 471 g/mol. The molecule has 2 aliphatic heterocycles. The van der Waals surface area contributed by atoms with Crippen LogP contribution in [0.4, 0.5) is 5.69 Å². The molecule has 2 heterocycles. The van der Waals surface area contributed by atoms with E-state index in [1.54, 1.807) is 31.4 Å². The van der Waals surface area contributed by atoms with Gasteiger partial charge >= 0.3 is 0 Å². The number of fused-ring (bicyclic) bond motifs is 1. The summed E-state index contributed by atoms with van der Waals surface area (Å²) in [6, 6.07) is 15.4. The molecule has 0 radical (unpaired) electrons. The normalized spacial score (nSPS) is 19.3. The number of carbonyl (C=O) groups excluding carboxylic acids is 1. The topological polar surface area (TPSA) is 79.0 Å². The number of amides is 1. The minimum absolute atomic E-state index is 0.0337. The number of nitrogens with one attached hydrogen (secondary N) is 1. The van der Waals surface area contributed by atoms with Gasteiger partial charge in [0.2, 0.25) is 15.9 Å². The van der Waals surface area contributed by atoms with Gasteiger partial charge < -0.3 is 15.0 Å². The summed E-state index contributed by atoms with van der Waals surface area (Å²) in [5, 5.41) is 3.07. The third-order valence-corrected chi connectivity index (χ3v) is 8.66. The summed E-state index contributed by atoms with van der Waals surface area (Å²) < 4.78 is 32.4. The lowest BCUT2D eigenvalue weighted by molar-refractivity contribution is -0.126. The van der Waals surface area contributed by atoms with Gasteiger partial charge in [-0.15, -0.1) is 0 Å². The predicted molar refractivity (Wildman–Crippen MR) is 129 cm³/mol. The number of ether oxygens (including phenoxy) is 1. The molecule has 2 aliphatic rings. The van der Waals surface area contributed by atoms with E-state index in [1.807, 2.05) is 0 Å². The van der Waals surface area contributed by atoms with E-state index in [-0.39, 0.29) is 16.7 Å². The first-order chi connectivity index (χ1) is 15.9. The summed E-state index contributed by atoms with van der Waals surface area (Å²) in [6.45, 7) is 4.50. The summed E-state index contributed by atoms with van der Waals surface area (Å²) in [5.74, 6) is 0.512. The zero-order chi connectivity index (χ0) is 23.4. The number of anilines is 1. The third-order valence-electron chi connectivity index (χ3n) is 6.75. The molecule has 0 saturated carbocycles. The van der Waals surface area contributed by atoms with Crippen LogP contribution in [0.5, 0.6) is 5.75 Å². The van der Waals surface area contributed by atoms with Gasteiger partial charge in [0.05, 0.1) is 12.0 Å². The first kappa shape index (κ1) is 23.6. The van der Waals surface area contributed by atoms with Gasteiger partial charge in [-0.25, -0.2) is 8.42 Å². The van der Waals surface area contributed by atoms with Crippen molar-refractivity contribution >= 4 is 21.6 Å². The average Bonchev–Trinajstić information content (AvgIpc) is 3.16. The molecule has 8 heteroatoms. The van der Waals surface area contributed by atoms with Crippen molar-refractivity contribution < 1.29 is 17.9 Å². The first-order valence-corrected chi connectivity index (χ1v) is 13.1. The van der Waals surface area contributed by atoms with Crippen LogP contribution in [-0.2, 0) is 21.2 Å². The smallest absolute Gasteiger partial charge is 0.243 e. The van der Waals surface area contributed by atoms with Crippen molar-refractivity contribution in [2.75, 3.05) is 38.2 Å². The van der Waals surface area contributed by atoms with Crippen molar-refractivity contribution in [2.24, 2.45) is 5.92 Å². The van der Waals surface area contributed by atoms with E-state index >= 15 is 0 Å². The predicted octanol–water partition coefficient (Wildman–Crippen LogP) is 3.05. The molecule has 1 fully saturated rings. The molecular formula is C25H33N3O4S. The lowest BCUT2D eigenvalue weighted by atomic mass is 9.97. The maximum Gasteiger partial charge on any atom is 0.243 e. The summed E-state index contributed by atoms with van der Waals surface area (Å²) >= 11 is 0. The van der Waals surface area contributed by atoms with Gasteiger partial charge in [0.25, 0.3) is 0 Å². The molecule has 1 amide bonds. The molecule has 7 nitrogen and oxygen atoms in total. The fourth-order valence-electron chi connectivity index (χ4n) is 4.83. The Labute approximate surface area is 196 Å². The molecule has 0 aliphatic carbocycles. The van der Waals surface area contributed by atoms with E-state index in [2.05, 4.69) is 41.4 Å². The highest BCUT2D eigenvalue weighted by Gasteiger charge is 2.32. The van der Waals surface area contributed by atoms with Crippen molar-refractivity contribution in [1.82, 2.24) is 9.62 Å². The number of para-hydroxylation sites is 1. The van der Waals surface area contributed by atoms with Crippen molar-refractivity contribution in [3.05, 3.63) is 54.1 Å². The molecule has 0 bridgehead atoms. The molecule has 33 heavy (non-hydrogen) atoms. The number of sulfonamides is 1. The lowest BCUT2D eigenvalue weighted by Crippen LogP contribution is -2.43. The summed E-state index contributed by atoms with van der Waals surface area (Å²) in [5.41, 5.74) is 2.70. The number of carbonyl (C=O) groups is 1. The van der Waals surface area contributed by atoms with Gasteiger partial charge in [0.1, 0.15) is 5.75 Å². The molecule has 4 rings (SSSR count). The Morgan fingerprint density at radius 3 is 2.48 bits per heavy atom. The minimum Gasteiger partial charge on any atom is -0.497 e. The zero-order valence-electron chi connectivity index (χ0n) is 19.4. The maximum atomic E-state index is 12.9. The molecule has 2 aromatic rings. The summed E-state index contributed by atoms with van der Waals surface area (Å²) in [6.07, 6.45) is 3.03. The zero-order valence-corrected chi connectivity index (χ0v) is 20.2. The van der Waals surface area contributed by atoms with Crippen LogP contribution >= 0.6 is 0 Å². The van der Waals surface area contributed by atoms with Crippen LogP contribution in [0.1, 0.15) is 31.7 Å². The van der Waals surface area contributed by atoms with Gasteiger partial charge in [0, 0.05) is 43.8 Å². The molecule has 0 spiro atoms. The molecule has 1 N–H and O–H groups in total. The number of nitrogens with zero attached hydrogens (tertiary/aromatic N) is 2. The first-order valence-electron chi connectivity index (χ1n) is 11.7. The Kier molecular flexibility index (Phi) is 7.24. The largest absolute Gasteiger partial charge is 0.497 e. The van der Waals surface area contributed by atoms with E-state index in [0.29, 0.717) is 44.3 Å². The highest BCUT2D eigenvalue weighted by molar-refractivity contribution is 7.89. The maximum absolute atomic E-state index is 12.9. The van der Waals surface area contributed by atoms with Gasteiger partial charge in [-0.3, -0.25) is 4.79 Å². The Bertz CT molecular complexity index is 1060. The molecule has 178 valence electrons. The lowest BCUT2D eigenvalue weighted by Gasteiger charge is -2.30. The van der Waals surface area contributed by atoms with E-state index in [1.165, 1.54) is 15.6 Å². The van der Waals surface area contributed by atoms with Crippen molar-refractivity contribution in [3.63, 3.8) is 0 Å². The second-order valence-electron chi connectivity index (χ2n) is 8.87. The van der Waals surface area contributed by atoms with E-state index in [4.69, 9.17) is 4.74 Å². The number of hydrogen-bond acceptors (Lipinski definition) is 5. The number of rotatable bonds is 8. The van der Waals surface area contributed by atoms with E-state index in [9.17, 15) is 13.2 Å². The molecule has 0 aromatic heterocycles. The standard InChI is InChI=1S/C25H33N3O4S/c1-19-18-21-6-3-4-7-24(21)28(19)15-5-14-26-25(29)20-12-16-27(17-13-20)33(30,31)23-10-8-22(32-2)9-11-23/h3-4,6-11,19-20H,5,12-18H2,1-2H3,(H,26,29)/t19-/m0/s1. The van der Waals surface area contributed by atoms with Crippen molar-refractivity contribution in [2.45, 2.75) is 43.5 Å². The second-order valence-corrected chi connectivity index (χ2v) is 10.8. The fourth-order valence-corrected chi connectivity index (χ4v) is 6.30. The summed E-state index contributed by atoms with van der Waals surface area (Å²) in [7, 11) is -2.01. The van der Waals surface area contributed by atoms with Crippen LogP contribution in [0.2, 0.25) is 0 Å². The van der Waals surface area contributed by atoms with Crippen molar-refractivity contribution in [3.8, 4) is 5.75 Å². The van der Waals surface area contributed by atoms with E-state index < -0.39 is 10.0 Å². The highest BCUT2D eigenvalue weighted by Crippen LogP contribution is 2.31. The minimum atomic E-state index is -3.56. The molecule has 2 aromatic carbocycles. The SMILES string of the molecule is COc1ccc(S(=O)(=O)N2CCC(C(=O)NCCCN3c4ccccc4C[C@@H]3C)CC2)cc1. The van der Waals surface area contributed by atoms with Gasteiger partial charge in [-0.05, 0) is 68.5 Å². The highest BCUT2D eigenvalue weighted by atomic mass is 32.2. The van der Waals surface area contributed by atoms with Gasteiger partial charge in [-0.1, -0.05) is 18.2 Å². The van der Waals surface area contributed by atoms with E-state index in [0.717, 1.165) is 19.4 Å². The molecular weight excluding hydrogens is 438 g/mol. The summed E-state index contributed by atoms with van der Waals surface area (Å²) in [4.78, 5) is 15.3. The van der Waals surface area contributed by atoms with Crippen LogP contribution < -0.4 is 15.0 Å². The van der Waals surface area contributed by atoms with Crippen LogP contribution in [0.3, 0.4) is 0 Å². The number of methoxy groups -OCH3 is 1. The van der Waals surface area contributed by atoms with Crippen LogP contribution in [0.25, 0.3) is 0 Å². The number of piperidine rings is 1. The van der Waals surface area contributed by atoms with Crippen LogP contribution in [0, 0.1) is 5.92 Å². The Morgan fingerprint density at radius 2 is 1.79 bits per heavy atom. The van der Waals surface area contributed by atoms with Crippen LogP contribution in [-0.4, -0.2) is 58.0 Å².